The van der Waals surface area contributed by atoms with Gasteiger partial charge in [0.2, 0.25) is 5.88 Å². The first-order valence-corrected chi connectivity index (χ1v) is 8.87. The van der Waals surface area contributed by atoms with Gasteiger partial charge in [0.15, 0.2) is 5.82 Å². The molecule has 1 aliphatic carbocycles. The molecule has 2 aliphatic rings. The first kappa shape index (κ1) is 17.0. The van der Waals surface area contributed by atoms with E-state index in [2.05, 4.69) is 20.2 Å². The molecule has 2 aromatic rings. The number of rotatable bonds is 5. The number of methoxy groups -OCH3 is 2. The van der Waals surface area contributed by atoms with Crippen LogP contribution in [0.1, 0.15) is 58.9 Å². The number of carbonyl (C=O) groups is 1. The van der Waals surface area contributed by atoms with Gasteiger partial charge in [0, 0.05) is 43.3 Å². The molecule has 3 heterocycles. The maximum Gasteiger partial charge on any atom is 0.254 e. The van der Waals surface area contributed by atoms with E-state index in [0.29, 0.717) is 30.3 Å². The smallest absolute Gasteiger partial charge is 0.254 e. The van der Waals surface area contributed by atoms with E-state index in [1.807, 2.05) is 6.92 Å². The highest BCUT2D eigenvalue weighted by Gasteiger charge is 2.39. The van der Waals surface area contributed by atoms with E-state index in [4.69, 9.17) is 9.47 Å². The zero-order chi connectivity index (χ0) is 18.3. The zero-order valence-electron chi connectivity index (χ0n) is 15.2. The Bertz CT molecular complexity index is 817. The first-order chi connectivity index (χ1) is 12.6. The predicted octanol–water partition coefficient (Wildman–Crippen LogP) is 2.00. The Morgan fingerprint density at radius 3 is 2.77 bits per heavy atom. The number of amides is 1. The van der Waals surface area contributed by atoms with Gasteiger partial charge < -0.3 is 14.4 Å². The van der Waals surface area contributed by atoms with Crippen LogP contribution < -0.4 is 4.74 Å². The van der Waals surface area contributed by atoms with Crippen molar-refractivity contribution in [1.29, 1.82) is 0 Å². The minimum atomic E-state index is -0.174. The second-order valence-corrected chi connectivity index (χ2v) is 6.96. The fourth-order valence-electron chi connectivity index (χ4n) is 3.44. The van der Waals surface area contributed by atoms with E-state index in [1.54, 1.807) is 31.3 Å². The number of hydrogen-bond donors (Lipinski definition) is 1. The highest BCUT2D eigenvalue weighted by atomic mass is 16.5. The molecular formula is C18H23N5O3. The zero-order valence-corrected chi connectivity index (χ0v) is 15.2. The van der Waals surface area contributed by atoms with Crippen LogP contribution in [0.2, 0.25) is 0 Å². The number of ether oxygens (including phenoxy) is 2. The van der Waals surface area contributed by atoms with Gasteiger partial charge in [0.1, 0.15) is 5.82 Å². The van der Waals surface area contributed by atoms with Gasteiger partial charge in [0.25, 0.3) is 5.91 Å². The Balaban J connectivity index is 1.63. The highest BCUT2D eigenvalue weighted by Crippen LogP contribution is 2.39. The monoisotopic (exact) mass is 357 g/mol. The normalized spacial score (nSPS) is 22.7. The third kappa shape index (κ3) is 3.16. The van der Waals surface area contributed by atoms with Gasteiger partial charge in [-0.05, 0) is 25.8 Å². The molecule has 8 nitrogen and oxygen atoms in total. The van der Waals surface area contributed by atoms with Crippen molar-refractivity contribution in [2.45, 2.75) is 44.2 Å². The molecule has 1 saturated heterocycles. The van der Waals surface area contributed by atoms with Gasteiger partial charge in [-0.2, -0.15) is 5.10 Å². The molecule has 0 unspecified atom stereocenters. The molecule has 0 aromatic carbocycles. The molecule has 26 heavy (non-hydrogen) atoms. The van der Waals surface area contributed by atoms with E-state index < -0.39 is 0 Å². The number of nitrogens with zero attached hydrogens (tertiary/aromatic N) is 4. The van der Waals surface area contributed by atoms with Crippen molar-refractivity contribution in [3.8, 4) is 5.88 Å². The summed E-state index contributed by atoms with van der Waals surface area (Å²) in [5.41, 5.74) is 1.29. The van der Waals surface area contributed by atoms with Gasteiger partial charge in [0.05, 0.1) is 19.3 Å². The summed E-state index contributed by atoms with van der Waals surface area (Å²) in [6, 6.07) is 3.27. The Hall–Kier alpha value is -2.48. The van der Waals surface area contributed by atoms with Crippen molar-refractivity contribution in [3.05, 3.63) is 35.0 Å². The van der Waals surface area contributed by atoms with Crippen molar-refractivity contribution in [2.75, 3.05) is 20.8 Å². The molecule has 8 heteroatoms. The van der Waals surface area contributed by atoms with Crippen LogP contribution in [0.3, 0.4) is 0 Å². The minimum absolute atomic E-state index is 0.0248. The summed E-state index contributed by atoms with van der Waals surface area (Å²) >= 11 is 0. The van der Waals surface area contributed by atoms with Crippen molar-refractivity contribution in [1.82, 2.24) is 25.1 Å². The van der Waals surface area contributed by atoms with Gasteiger partial charge in [-0.3, -0.25) is 9.89 Å². The van der Waals surface area contributed by atoms with E-state index in [-0.39, 0.29) is 18.1 Å². The number of pyridine rings is 1. The average Bonchev–Trinajstić information content (AvgIpc) is 3.22. The summed E-state index contributed by atoms with van der Waals surface area (Å²) in [5.74, 6) is 2.41. The first-order valence-electron chi connectivity index (χ1n) is 8.87. The quantitative estimate of drug-likeness (QED) is 0.880. The van der Waals surface area contributed by atoms with Gasteiger partial charge in [-0.1, -0.05) is 0 Å². The fraction of sp³-hybridized carbons (Fsp3) is 0.556. The number of aryl methyl sites for hydroxylation is 1. The van der Waals surface area contributed by atoms with E-state index in [9.17, 15) is 4.79 Å². The maximum absolute atomic E-state index is 13.2. The number of nitrogens with one attached hydrogen (secondary N) is 1. The maximum atomic E-state index is 13.2. The third-order valence-corrected chi connectivity index (χ3v) is 5.02. The molecule has 0 radical (unpaired) electrons. The molecule has 4 rings (SSSR count). The Morgan fingerprint density at radius 2 is 2.08 bits per heavy atom. The SMILES string of the molecule is COc1cc(C(=O)N2C[C@H](OC)C[C@H]2c2nc(C3CC3)n[nH]2)cc(C)n1. The lowest BCUT2D eigenvalue weighted by Gasteiger charge is -2.23. The fourth-order valence-corrected chi connectivity index (χ4v) is 3.44. The largest absolute Gasteiger partial charge is 0.481 e. The van der Waals surface area contributed by atoms with E-state index in [0.717, 1.165) is 30.2 Å². The molecule has 0 spiro atoms. The molecule has 1 N–H and O–H groups in total. The number of carbonyl (C=O) groups excluding carboxylic acids is 1. The van der Waals surface area contributed by atoms with Gasteiger partial charge >= 0.3 is 0 Å². The molecular weight excluding hydrogens is 334 g/mol. The molecule has 1 saturated carbocycles. The van der Waals surface area contributed by atoms with Crippen LogP contribution >= 0.6 is 0 Å². The summed E-state index contributed by atoms with van der Waals surface area (Å²) in [6.45, 7) is 2.36. The second-order valence-electron chi connectivity index (χ2n) is 6.96. The number of aromatic amines is 1. The van der Waals surface area contributed by atoms with Crippen molar-refractivity contribution in [2.24, 2.45) is 0 Å². The average molecular weight is 357 g/mol. The summed E-state index contributed by atoms with van der Waals surface area (Å²) < 4.78 is 10.7. The van der Waals surface area contributed by atoms with Crippen LogP contribution in [0.4, 0.5) is 0 Å². The van der Waals surface area contributed by atoms with Crippen LogP contribution in [0.5, 0.6) is 5.88 Å². The Kier molecular flexibility index (Phi) is 4.36. The van der Waals surface area contributed by atoms with E-state index >= 15 is 0 Å². The van der Waals surface area contributed by atoms with E-state index in [1.165, 1.54) is 0 Å². The molecule has 138 valence electrons. The van der Waals surface area contributed by atoms with Gasteiger partial charge in [-0.25, -0.2) is 9.97 Å². The highest BCUT2D eigenvalue weighted by molar-refractivity contribution is 5.95. The number of likely N-dealkylation sites (tertiary alicyclic amines) is 1. The number of aromatic nitrogens is 4. The summed E-state index contributed by atoms with van der Waals surface area (Å²) in [7, 11) is 3.22. The van der Waals surface area contributed by atoms with Crippen LogP contribution in [-0.2, 0) is 4.74 Å². The summed E-state index contributed by atoms with van der Waals surface area (Å²) in [4.78, 5) is 23.9. The number of hydrogen-bond acceptors (Lipinski definition) is 6. The van der Waals surface area contributed by atoms with Crippen molar-refractivity contribution in [3.63, 3.8) is 0 Å². The van der Waals surface area contributed by atoms with Crippen LogP contribution in [0, 0.1) is 6.92 Å². The number of H-pyrrole nitrogens is 1. The lowest BCUT2D eigenvalue weighted by Crippen LogP contribution is -2.32. The second kappa shape index (κ2) is 6.68. The third-order valence-electron chi connectivity index (χ3n) is 5.02. The molecule has 2 atom stereocenters. The predicted molar refractivity (Wildman–Crippen MR) is 93.1 cm³/mol. The molecule has 2 fully saturated rings. The van der Waals surface area contributed by atoms with Crippen LogP contribution in [-0.4, -0.2) is 57.8 Å². The standard InChI is InChI=1S/C18H23N5O3/c1-10-6-12(7-15(19-10)26-3)18(24)23-9-13(25-2)8-14(23)17-20-16(21-22-17)11-4-5-11/h6-7,11,13-14H,4-5,8-9H2,1-3H3,(H,20,21,22)/t13-,14+/m1/s1. The Morgan fingerprint density at radius 1 is 1.27 bits per heavy atom. The van der Waals surface area contributed by atoms with Crippen molar-refractivity contribution < 1.29 is 14.3 Å². The molecule has 0 bridgehead atoms. The van der Waals surface area contributed by atoms with Crippen LogP contribution in [0.15, 0.2) is 12.1 Å². The Labute approximate surface area is 151 Å². The molecule has 1 aliphatic heterocycles. The lowest BCUT2D eigenvalue weighted by atomic mass is 10.1. The van der Waals surface area contributed by atoms with Crippen molar-refractivity contribution >= 4 is 5.91 Å². The summed E-state index contributed by atoms with van der Waals surface area (Å²) in [6.07, 6.45) is 2.95. The minimum Gasteiger partial charge on any atom is -0.481 e. The topological polar surface area (TPSA) is 93.2 Å². The summed E-state index contributed by atoms with van der Waals surface area (Å²) in [5, 5.41) is 7.37. The molecule has 1 amide bonds. The lowest BCUT2D eigenvalue weighted by molar-refractivity contribution is 0.0683. The van der Waals surface area contributed by atoms with Crippen LogP contribution in [0.25, 0.3) is 0 Å². The van der Waals surface area contributed by atoms with Gasteiger partial charge in [-0.15, -0.1) is 0 Å². The molecule has 2 aromatic heterocycles.